The Morgan fingerprint density at radius 2 is 2.08 bits per heavy atom. The molecule has 0 radical (unpaired) electrons. The molecule has 76 valence electrons. The average Bonchev–Trinajstić information content (AvgIpc) is 1.96. The van der Waals surface area contributed by atoms with Crippen molar-refractivity contribution in [2.24, 2.45) is 5.73 Å². The van der Waals surface area contributed by atoms with Gasteiger partial charge in [-0.2, -0.15) is 0 Å². The van der Waals surface area contributed by atoms with E-state index in [1.165, 1.54) is 0 Å². The Hall–Kier alpha value is -1.30. The highest BCUT2D eigenvalue weighted by Crippen LogP contribution is 1.91. The number of primary amides is 1. The predicted molar refractivity (Wildman–Crippen MR) is 45.2 cm³/mol. The van der Waals surface area contributed by atoms with Gasteiger partial charge in [-0.1, -0.05) is 0 Å². The van der Waals surface area contributed by atoms with Crippen LogP contribution in [0.5, 0.6) is 0 Å². The smallest absolute Gasteiger partial charge is 0.405 e. The number of amides is 2. The maximum absolute atomic E-state index is 10.7. The molecule has 0 saturated carbocycles. The van der Waals surface area contributed by atoms with E-state index in [1.807, 2.05) is 5.32 Å². The third-order valence-electron chi connectivity index (χ3n) is 1.24. The second-order valence-electron chi connectivity index (χ2n) is 2.79. The number of carboxylic acid groups (broad SMARTS) is 1. The minimum absolute atomic E-state index is 0.0424. The number of nitrogens with two attached hydrogens (primary N) is 1. The summed E-state index contributed by atoms with van der Waals surface area (Å²) < 4.78 is 5.04. The van der Waals surface area contributed by atoms with Gasteiger partial charge >= 0.3 is 6.09 Å². The first kappa shape index (κ1) is 11.7. The van der Waals surface area contributed by atoms with Gasteiger partial charge in [-0.25, -0.2) is 4.79 Å². The van der Waals surface area contributed by atoms with Crippen molar-refractivity contribution in [3.63, 3.8) is 0 Å². The minimum Gasteiger partial charge on any atom is -0.465 e. The van der Waals surface area contributed by atoms with Crippen LogP contribution in [-0.2, 0) is 9.53 Å². The van der Waals surface area contributed by atoms with E-state index in [0.29, 0.717) is 0 Å². The van der Waals surface area contributed by atoms with Gasteiger partial charge in [-0.05, 0) is 13.8 Å². The Labute approximate surface area is 76.0 Å². The molecule has 6 nitrogen and oxygen atoms in total. The molecule has 0 saturated heterocycles. The predicted octanol–water partition coefficient (Wildman–Crippen LogP) is -0.467. The Morgan fingerprint density at radius 3 is 2.38 bits per heavy atom. The number of hydrogen-bond acceptors (Lipinski definition) is 3. The van der Waals surface area contributed by atoms with Crippen molar-refractivity contribution >= 4 is 12.0 Å². The van der Waals surface area contributed by atoms with Crippen molar-refractivity contribution < 1.29 is 19.4 Å². The first-order valence-corrected chi connectivity index (χ1v) is 3.84. The van der Waals surface area contributed by atoms with Crippen LogP contribution < -0.4 is 11.1 Å². The van der Waals surface area contributed by atoms with Crippen LogP contribution in [-0.4, -0.2) is 35.9 Å². The Balaban J connectivity index is 3.95. The van der Waals surface area contributed by atoms with Crippen molar-refractivity contribution in [2.75, 3.05) is 6.61 Å². The van der Waals surface area contributed by atoms with Gasteiger partial charge in [-0.15, -0.1) is 0 Å². The van der Waals surface area contributed by atoms with Crippen LogP contribution in [0.2, 0.25) is 0 Å². The molecule has 0 aromatic heterocycles. The van der Waals surface area contributed by atoms with Crippen molar-refractivity contribution in [3.05, 3.63) is 0 Å². The molecular weight excluding hydrogens is 176 g/mol. The lowest BCUT2D eigenvalue weighted by Gasteiger charge is -2.15. The molecule has 0 rings (SSSR count). The monoisotopic (exact) mass is 190 g/mol. The molecule has 1 atom stereocenters. The van der Waals surface area contributed by atoms with Crippen LogP contribution in [0.25, 0.3) is 0 Å². The largest absolute Gasteiger partial charge is 0.465 e. The van der Waals surface area contributed by atoms with E-state index in [2.05, 4.69) is 0 Å². The Kier molecular flexibility index (Phi) is 4.83. The van der Waals surface area contributed by atoms with E-state index in [9.17, 15) is 9.59 Å². The molecular formula is C7H14N2O4. The molecule has 4 N–H and O–H groups in total. The van der Waals surface area contributed by atoms with E-state index < -0.39 is 18.0 Å². The van der Waals surface area contributed by atoms with Gasteiger partial charge in [0, 0.05) is 0 Å². The lowest BCUT2D eigenvalue weighted by molar-refractivity contribution is -0.121. The number of ether oxygens (including phenoxy) is 1. The quantitative estimate of drug-likeness (QED) is 0.545. The lowest BCUT2D eigenvalue weighted by Crippen LogP contribution is -2.47. The molecule has 2 amide bonds. The minimum atomic E-state index is -1.30. The average molecular weight is 190 g/mol. The SMILES string of the molecule is CC(C)OC[C@H](NC(=O)O)C(N)=O. The van der Waals surface area contributed by atoms with Crippen LogP contribution >= 0.6 is 0 Å². The summed E-state index contributed by atoms with van der Waals surface area (Å²) >= 11 is 0. The fourth-order valence-corrected chi connectivity index (χ4v) is 0.633. The maximum atomic E-state index is 10.7. The fourth-order valence-electron chi connectivity index (χ4n) is 0.633. The summed E-state index contributed by atoms with van der Waals surface area (Å²) in [5.74, 6) is -0.747. The van der Waals surface area contributed by atoms with E-state index in [4.69, 9.17) is 15.6 Å². The summed E-state index contributed by atoms with van der Waals surface area (Å²) in [5, 5.41) is 10.3. The van der Waals surface area contributed by atoms with Gasteiger partial charge in [0.2, 0.25) is 5.91 Å². The molecule has 0 heterocycles. The van der Waals surface area contributed by atoms with Crippen molar-refractivity contribution in [1.82, 2.24) is 5.32 Å². The molecule has 0 aromatic carbocycles. The van der Waals surface area contributed by atoms with Gasteiger partial charge in [0.15, 0.2) is 0 Å². The molecule has 0 bridgehead atoms. The van der Waals surface area contributed by atoms with Crippen molar-refractivity contribution in [2.45, 2.75) is 26.0 Å². The highest BCUT2D eigenvalue weighted by Gasteiger charge is 2.17. The molecule has 0 spiro atoms. The van der Waals surface area contributed by atoms with Crippen LogP contribution in [0, 0.1) is 0 Å². The fraction of sp³-hybridized carbons (Fsp3) is 0.714. The van der Waals surface area contributed by atoms with Gasteiger partial charge in [0.25, 0.3) is 0 Å². The molecule has 0 aliphatic carbocycles. The Bertz CT molecular complexity index is 193. The summed E-state index contributed by atoms with van der Waals surface area (Å²) in [6, 6.07) is -0.986. The van der Waals surface area contributed by atoms with Crippen LogP contribution in [0.1, 0.15) is 13.8 Å². The van der Waals surface area contributed by atoms with E-state index in [0.717, 1.165) is 0 Å². The maximum Gasteiger partial charge on any atom is 0.405 e. The van der Waals surface area contributed by atoms with Gasteiger partial charge in [-0.3, -0.25) is 4.79 Å². The second-order valence-corrected chi connectivity index (χ2v) is 2.79. The molecule has 13 heavy (non-hydrogen) atoms. The van der Waals surface area contributed by atoms with Crippen LogP contribution in [0.4, 0.5) is 4.79 Å². The molecule has 0 fully saturated rings. The van der Waals surface area contributed by atoms with Gasteiger partial charge in [0.05, 0.1) is 12.7 Å². The standard InChI is InChI=1S/C7H14N2O4/c1-4(2)13-3-5(6(8)10)9-7(11)12/h4-5,9H,3H2,1-2H3,(H2,8,10)(H,11,12)/t5-/m0/s1. The topological polar surface area (TPSA) is 102 Å². The highest BCUT2D eigenvalue weighted by molar-refractivity contribution is 5.83. The van der Waals surface area contributed by atoms with E-state index >= 15 is 0 Å². The van der Waals surface area contributed by atoms with Crippen molar-refractivity contribution in [1.29, 1.82) is 0 Å². The zero-order valence-corrected chi connectivity index (χ0v) is 7.61. The first-order chi connectivity index (χ1) is 5.93. The number of nitrogens with one attached hydrogen (secondary N) is 1. The summed E-state index contributed by atoms with van der Waals surface area (Å²) in [6.07, 6.45) is -1.37. The summed E-state index contributed by atoms with van der Waals surface area (Å²) in [7, 11) is 0. The van der Waals surface area contributed by atoms with E-state index in [-0.39, 0.29) is 12.7 Å². The molecule has 0 aliphatic rings. The molecule has 0 aliphatic heterocycles. The van der Waals surface area contributed by atoms with E-state index in [1.54, 1.807) is 13.8 Å². The zero-order chi connectivity index (χ0) is 10.4. The van der Waals surface area contributed by atoms with Gasteiger partial charge in [0.1, 0.15) is 6.04 Å². The zero-order valence-electron chi connectivity index (χ0n) is 7.61. The molecule has 0 unspecified atom stereocenters. The number of rotatable bonds is 5. The molecule has 6 heteroatoms. The van der Waals surface area contributed by atoms with Crippen LogP contribution in [0.3, 0.4) is 0 Å². The van der Waals surface area contributed by atoms with Gasteiger partial charge < -0.3 is 20.9 Å². The number of hydrogen-bond donors (Lipinski definition) is 3. The third kappa shape index (κ3) is 5.92. The highest BCUT2D eigenvalue weighted by atomic mass is 16.5. The lowest BCUT2D eigenvalue weighted by atomic mass is 10.3. The summed E-state index contributed by atoms with van der Waals surface area (Å²) in [5.41, 5.74) is 4.93. The number of carbonyl (C=O) groups is 2. The number of carbonyl (C=O) groups excluding carboxylic acids is 1. The third-order valence-corrected chi connectivity index (χ3v) is 1.24. The summed E-state index contributed by atoms with van der Waals surface area (Å²) in [4.78, 5) is 20.8. The summed E-state index contributed by atoms with van der Waals surface area (Å²) in [6.45, 7) is 3.51. The molecule has 0 aromatic rings. The first-order valence-electron chi connectivity index (χ1n) is 3.84. The second kappa shape index (κ2) is 5.36. The van der Waals surface area contributed by atoms with Crippen molar-refractivity contribution in [3.8, 4) is 0 Å². The Morgan fingerprint density at radius 1 is 1.54 bits per heavy atom. The van der Waals surface area contributed by atoms with Crippen LogP contribution in [0.15, 0.2) is 0 Å². The normalized spacial score (nSPS) is 12.5.